The minimum atomic E-state index is -0.429. The summed E-state index contributed by atoms with van der Waals surface area (Å²) in [6.07, 6.45) is 0.774. The SMILES string of the molecule is CC(C)[C@@H]1N=C2c3ccccc3N=C(S[C@H](C)C(=O)NCCc3ccccc3)N2C1=O. The Morgan fingerprint density at radius 1 is 1.10 bits per heavy atom. The Morgan fingerprint density at radius 2 is 1.81 bits per heavy atom. The van der Waals surface area contributed by atoms with Crippen LogP contribution in [0.3, 0.4) is 0 Å². The summed E-state index contributed by atoms with van der Waals surface area (Å²) in [7, 11) is 0. The largest absolute Gasteiger partial charge is 0.355 e. The van der Waals surface area contributed by atoms with Crippen LogP contribution in [-0.2, 0) is 16.0 Å². The Hall–Kier alpha value is -2.93. The summed E-state index contributed by atoms with van der Waals surface area (Å²) in [5, 5.41) is 3.10. The predicted molar refractivity (Wildman–Crippen MR) is 126 cm³/mol. The second kappa shape index (κ2) is 9.06. The van der Waals surface area contributed by atoms with Gasteiger partial charge in [0.1, 0.15) is 11.9 Å². The van der Waals surface area contributed by atoms with Crippen molar-refractivity contribution in [2.24, 2.45) is 15.9 Å². The molecule has 31 heavy (non-hydrogen) atoms. The zero-order valence-corrected chi connectivity index (χ0v) is 18.7. The molecule has 0 bridgehead atoms. The van der Waals surface area contributed by atoms with Gasteiger partial charge in [-0.1, -0.05) is 68.1 Å². The molecule has 0 spiro atoms. The first-order valence-corrected chi connectivity index (χ1v) is 11.4. The van der Waals surface area contributed by atoms with Gasteiger partial charge in [0.15, 0.2) is 5.17 Å². The number of amidine groups is 2. The van der Waals surface area contributed by atoms with Crippen LogP contribution in [0.15, 0.2) is 64.6 Å². The van der Waals surface area contributed by atoms with E-state index >= 15 is 0 Å². The van der Waals surface area contributed by atoms with Crippen LogP contribution in [0, 0.1) is 5.92 Å². The number of amides is 2. The molecule has 0 fully saturated rings. The third-order valence-electron chi connectivity index (χ3n) is 5.34. The number of fused-ring (bicyclic) bond motifs is 3. The molecule has 2 atom stereocenters. The zero-order valence-electron chi connectivity index (χ0n) is 17.9. The maximum absolute atomic E-state index is 13.1. The van der Waals surface area contributed by atoms with E-state index in [1.165, 1.54) is 17.3 Å². The van der Waals surface area contributed by atoms with Gasteiger partial charge in [0.2, 0.25) is 5.91 Å². The van der Waals surface area contributed by atoms with Gasteiger partial charge in [0.05, 0.1) is 10.9 Å². The second-order valence-corrected chi connectivity index (χ2v) is 9.32. The van der Waals surface area contributed by atoms with Gasteiger partial charge in [-0.25, -0.2) is 9.89 Å². The highest BCUT2D eigenvalue weighted by Crippen LogP contribution is 2.35. The highest BCUT2D eigenvalue weighted by atomic mass is 32.2. The molecule has 0 unspecified atom stereocenters. The smallest absolute Gasteiger partial charge is 0.259 e. The maximum Gasteiger partial charge on any atom is 0.259 e. The molecule has 0 aliphatic carbocycles. The van der Waals surface area contributed by atoms with Crippen molar-refractivity contribution in [3.8, 4) is 0 Å². The third-order valence-corrected chi connectivity index (χ3v) is 6.39. The first-order valence-electron chi connectivity index (χ1n) is 10.5. The number of benzene rings is 2. The molecule has 0 radical (unpaired) electrons. The topological polar surface area (TPSA) is 74.1 Å². The molecular weight excluding hydrogens is 408 g/mol. The Labute approximate surface area is 186 Å². The fourth-order valence-corrected chi connectivity index (χ4v) is 4.55. The van der Waals surface area contributed by atoms with Gasteiger partial charge >= 0.3 is 0 Å². The summed E-state index contributed by atoms with van der Waals surface area (Å²) in [5.41, 5.74) is 2.80. The summed E-state index contributed by atoms with van der Waals surface area (Å²) >= 11 is 1.29. The Morgan fingerprint density at radius 3 is 2.55 bits per heavy atom. The number of carbonyl (C=O) groups excluding carboxylic acids is 2. The molecule has 2 amide bonds. The number of nitrogens with one attached hydrogen (secondary N) is 1. The molecule has 1 N–H and O–H groups in total. The molecule has 6 nitrogen and oxygen atoms in total. The number of carbonyl (C=O) groups is 2. The van der Waals surface area contributed by atoms with E-state index < -0.39 is 11.3 Å². The van der Waals surface area contributed by atoms with Crippen molar-refractivity contribution in [1.29, 1.82) is 0 Å². The number of nitrogens with zero attached hydrogens (tertiary/aromatic N) is 3. The maximum atomic E-state index is 13.1. The molecule has 0 saturated carbocycles. The molecule has 2 aromatic rings. The molecular formula is C24H26N4O2S. The summed E-state index contributed by atoms with van der Waals surface area (Å²) in [4.78, 5) is 36.8. The summed E-state index contributed by atoms with van der Waals surface area (Å²) in [6.45, 7) is 6.38. The van der Waals surface area contributed by atoms with Crippen LogP contribution in [0.2, 0.25) is 0 Å². The van der Waals surface area contributed by atoms with Crippen molar-refractivity contribution in [2.75, 3.05) is 6.54 Å². The fourth-order valence-electron chi connectivity index (χ4n) is 3.61. The van der Waals surface area contributed by atoms with E-state index in [1.54, 1.807) is 4.90 Å². The lowest BCUT2D eigenvalue weighted by Crippen LogP contribution is -2.43. The van der Waals surface area contributed by atoms with Crippen LogP contribution in [0.1, 0.15) is 31.9 Å². The van der Waals surface area contributed by atoms with Gasteiger partial charge < -0.3 is 5.32 Å². The lowest BCUT2D eigenvalue weighted by Gasteiger charge is -2.27. The van der Waals surface area contributed by atoms with Gasteiger partial charge in [-0.15, -0.1) is 0 Å². The Bertz CT molecular complexity index is 1050. The van der Waals surface area contributed by atoms with E-state index in [2.05, 4.69) is 5.32 Å². The van der Waals surface area contributed by atoms with Gasteiger partial charge in [-0.05, 0) is 37.0 Å². The molecule has 2 aliphatic heterocycles. The summed E-state index contributed by atoms with van der Waals surface area (Å²) < 4.78 is 0. The lowest BCUT2D eigenvalue weighted by molar-refractivity contribution is -0.125. The van der Waals surface area contributed by atoms with Crippen LogP contribution in [0.4, 0.5) is 5.69 Å². The average Bonchev–Trinajstić information content (AvgIpc) is 3.12. The monoisotopic (exact) mass is 434 g/mol. The lowest BCUT2D eigenvalue weighted by atomic mass is 10.1. The van der Waals surface area contributed by atoms with E-state index in [0.717, 1.165) is 17.7 Å². The Balaban J connectivity index is 1.48. The number of para-hydroxylation sites is 1. The summed E-state index contributed by atoms with van der Waals surface area (Å²) in [5.74, 6) is 0.562. The number of hydrogen-bond acceptors (Lipinski definition) is 5. The summed E-state index contributed by atoms with van der Waals surface area (Å²) in [6, 6.07) is 17.3. The predicted octanol–water partition coefficient (Wildman–Crippen LogP) is 3.78. The molecule has 4 rings (SSSR count). The molecule has 2 heterocycles. The molecule has 0 saturated heterocycles. The minimum absolute atomic E-state index is 0.0759. The Kier molecular flexibility index (Phi) is 6.23. The van der Waals surface area contributed by atoms with E-state index in [9.17, 15) is 9.59 Å². The number of aliphatic imine (C=N–C) groups is 2. The molecule has 2 aromatic carbocycles. The van der Waals surface area contributed by atoms with Crippen LogP contribution in [0.5, 0.6) is 0 Å². The minimum Gasteiger partial charge on any atom is -0.355 e. The number of hydrogen-bond donors (Lipinski definition) is 1. The number of rotatable bonds is 6. The van der Waals surface area contributed by atoms with Gasteiger partial charge in [0.25, 0.3) is 5.91 Å². The zero-order chi connectivity index (χ0) is 22.0. The highest BCUT2D eigenvalue weighted by Gasteiger charge is 2.43. The van der Waals surface area contributed by atoms with Crippen LogP contribution in [0.25, 0.3) is 0 Å². The van der Waals surface area contributed by atoms with E-state index in [0.29, 0.717) is 17.5 Å². The van der Waals surface area contributed by atoms with E-state index in [4.69, 9.17) is 9.98 Å². The highest BCUT2D eigenvalue weighted by molar-refractivity contribution is 8.15. The van der Waals surface area contributed by atoms with Crippen LogP contribution < -0.4 is 5.32 Å². The third kappa shape index (κ3) is 4.42. The first kappa shape index (κ1) is 21.3. The number of thioether (sulfide) groups is 1. The average molecular weight is 435 g/mol. The van der Waals surface area contributed by atoms with Crippen molar-refractivity contribution in [1.82, 2.24) is 10.2 Å². The molecule has 0 aromatic heterocycles. The first-order chi connectivity index (χ1) is 15.0. The van der Waals surface area contributed by atoms with Crippen molar-refractivity contribution < 1.29 is 9.59 Å². The standard InChI is InChI=1S/C24H26N4O2S/c1-15(2)20-23(30)28-21(27-20)18-11-7-8-12-19(18)26-24(28)31-16(3)22(29)25-14-13-17-9-5-4-6-10-17/h4-12,15-16,20H,13-14H2,1-3H3,(H,25,29)/t16-,20+/m1/s1. The molecule has 7 heteroatoms. The molecule has 160 valence electrons. The second-order valence-electron chi connectivity index (χ2n) is 8.01. The molecule has 2 aliphatic rings. The van der Waals surface area contributed by atoms with Crippen LogP contribution in [-0.4, -0.2) is 45.6 Å². The van der Waals surface area contributed by atoms with Gasteiger partial charge in [-0.2, -0.15) is 0 Å². The van der Waals surface area contributed by atoms with Crippen molar-refractivity contribution in [2.45, 2.75) is 38.5 Å². The van der Waals surface area contributed by atoms with Crippen LogP contribution >= 0.6 is 11.8 Å². The van der Waals surface area contributed by atoms with Crippen molar-refractivity contribution in [3.63, 3.8) is 0 Å². The van der Waals surface area contributed by atoms with Crippen molar-refractivity contribution in [3.05, 3.63) is 65.7 Å². The normalized spacial score (nSPS) is 18.3. The quantitative estimate of drug-likeness (QED) is 0.752. The van der Waals surface area contributed by atoms with E-state index in [1.807, 2.05) is 75.4 Å². The van der Waals surface area contributed by atoms with Crippen molar-refractivity contribution >= 4 is 40.3 Å². The van der Waals surface area contributed by atoms with Gasteiger partial charge in [-0.3, -0.25) is 14.6 Å². The van der Waals surface area contributed by atoms with E-state index in [-0.39, 0.29) is 17.7 Å². The fraction of sp³-hybridized carbons (Fsp3) is 0.333. The van der Waals surface area contributed by atoms with Gasteiger partial charge in [0, 0.05) is 12.1 Å².